The van der Waals surface area contributed by atoms with Gasteiger partial charge in [0.1, 0.15) is 6.10 Å². The lowest BCUT2D eigenvalue weighted by molar-refractivity contribution is -0.163. The van der Waals surface area contributed by atoms with E-state index in [1.54, 1.807) is 6.92 Å². The van der Waals surface area contributed by atoms with Crippen LogP contribution in [0.5, 0.6) is 0 Å². The van der Waals surface area contributed by atoms with Crippen molar-refractivity contribution in [3.8, 4) is 0 Å². The third-order valence-electron chi connectivity index (χ3n) is 4.24. The maximum atomic E-state index is 14.4. The van der Waals surface area contributed by atoms with Crippen molar-refractivity contribution in [1.82, 2.24) is 9.55 Å². The number of hydrogen-bond acceptors (Lipinski definition) is 11. The van der Waals surface area contributed by atoms with Gasteiger partial charge in [0.2, 0.25) is 13.0 Å². The van der Waals surface area contributed by atoms with Gasteiger partial charge in [0.25, 0.3) is 0 Å². The highest BCUT2D eigenvalue weighted by Gasteiger charge is 2.60. The Morgan fingerprint density at radius 1 is 1.30 bits per heavy atom. The van der Waals surface area contributed by atoms with Crippen LogP contribution in [0.25, 0.3) is 0 Å². The van der Waals surface area contributed by atoms with Crippen molar-refractivity contribution < 1.29 is 56.2 Å². The number of phosphoric acid groups is 1. The van der Waals surface area contributed by atoms with Gasteiger partial charge in [-0.3, -0.25) is 13.9 Å². The van der Waals surface area contributed by atoms with Crippen LogP contribution in [0.4, 0.5) is 8.78 Å². The molecule has 0 aliphatic carbocycles. The number of aliphatic hydroxyl groups is 1. The maximum absolute atomic E-state index is 14.4. The van der Waals surface area contributed by atoms with Gasteiger partial charge in [-0.2, -0.15) is 13.8 Å². The lowest BCUT2D eigenvalue weighted by Crippen LogP contribution is -2.42. The monoisotopic (exact) mass is 500 g/mol. The Morgan fingerprint density at radius 3 is 2.64 bits per heavy atom. The number of phosphoric ester groups is 1. The molecule has 0 amide bonds. The standard InChI is InChI=1S/C17H23F2N2O11P/c1-3-4-12(22)28-8-13(23)29-9-31-33(26,27)30-7-11-14(24)17(18,19)15(32-11)21-6-5-10(2)20-16(21)25/h5-6,11,14-15,24H,3-4,7-9H2,1-2H3,(H,26,27)/t11-,14-,15-/m1/s1. The summed E-state index contributed by atoms with van der Waals surface area (Å²) >= 11 is 0. The van der Waals surface area contributed by atoms with Crippen molar-refractivity contribution in [1.29, 1.82) is 0 Å². The van der Waals surface area contributed by atoms with Crippen LogP contribution in [0.2, 0.25) is 0 Å². The molecule has 2 heterocycles. The fourth-order valence-electron chi connectivity index (χ4n) is 2.60. The number of aryl methyl sites for hydroxylation is 1. The molecule has 1 aromatic rings. The highest BCUT2D eigenvalue weighted by molar-refractivity contribution is 7.47. The molecular weight excluding hydrogens is 477 g/mol. The number of aromatic nitrogens is 2. The molecule has 1 aromatic heterocycles. The second kappa shape index (κ2) is 11.2. The minimum Gasteiger partial charge on any atom is -0.454 e. The van der Waals surface area contributed by atoms with E-state index in [2.05, 4.69) is 23.5 Å². The van der Waals surface area contributed by atoms with Crippen LogP contribution in [0.3, 0.4) is 0 Å². The first-order chi connectivity index (χ1) is 15.4. The summed E-state index contributed by atoms with van der Waals surface area (Å²) in [6.07, 6.45) is -4.95. The fourth-order valence-corrected chi connectivity index (χ4v) is 3.20. The van der Waals surface area contributed by atoms with Gasteiger partial charge in [0.15, 0.2) is 12.7 Å². The third-order valence-corrected chi connectivity index (χ3v) is 5.15. The van der Waals surface area contributed by atoms with E-state index in [0.717, 1.165) is 6.20 Å². The summed E-state index contributed by atoms with van der Waals surface area (Å²) in [6, 6.07) is 1.28. The maximum Gasteiger partial charge on any atom is 0.475 e. The normalized spacial score (nSPS) is 23.6. The van der Waals surface area contributed by atoms with Gasteiger partial charge < -0.3 is 24.2 Å². The average molecular weight is 500 g/mol. The number of aliphatic hydroxyl groups excluding tert-OH is 1. The summed E-state index contributed by atoms with van der Waals surface area (Å²) in [5.41, 5.74) is -0.775. The molecule has 1 aliphatic heterocycles. The summed E-state index contributed by atoms with van der Waals surface area (Å²) in [6.45, 7) is 0.347. The van der Waals surface area contributed by atoms with Crippen LogP contribution in [-0.4, -0.2) is 69.6 Å². The number of alkyl halides is 2. The largest absolute Gasteiger partial charge is 0.475 e. The molecule has 2 rings (SSSR count). The molecule has 1 saturated heterocycles. The van der Waals surface area contributed by atoms with Crippen LogP contribution >= 0.6 is 7.82 Å². The molecule has 0 radical (unpaired) electrons. The summed E-state index contributed by atoms with van der Waals surface area (Å²) in [7, 11) is -4.93. The first-order valence-electron chi connectivity index (χ1n) is 9.57. The Hall–Kier alpha value is -2.29. The van der Waals surface area contributed by atoms with E-state index in [0.29, 0.717) is 11.0 Å². The van der Waals surface area contributed by atoms with Gasteiger partial charge in [-0.25, -0.2) is 18.7 Å². The molecule has 1 aliphatic rings. The van der Waals surface area contributed by atoms with Crippen LogP contribution in [0.1, 0.15) is 31.7 Å². The first-order valence-corrected chi connectivity index (χ1v) is 11.1. The second-order valence-electron chi connectivity index (χ2n) is 6.84. The molecule has 1 fully saturated rings. The number of carbonyl (C=O) groups is 2. The number of carbonyl (C=O) groups excluding carboxylic acids is 2. The van der Waals surface area contributed by atoms with Gasteiger partial charge in [-0.1, -0.05) is 6.92 Å². The van der Waals surface area contributed by atoms with Crippen molar-refractivity contribution >= 4 is 19.8 Å². The van der Waals surface area contributed by atoms with Crippen LogP contribution in [0.15, 0.2) is 17.1 Å². The minimum absolute atomic E-state index is 0.0908. The van der Waals surface area contributed by atoms with Crippen molar-refractivity contribution in [2.24, 2.45) is 0 Å². The fraction of sp³-hybridized carbons (Fsp3) is 0.647. The molecule has 4 atom stereocenters. The minimum atomic E-state index is -4.93. The molecule has 0 spiro atoms. The zero-order valence-corrected chi connectivity index (χ0v) is 18.5. The van der Waals surface area contributed by atoms with Crippen LogP contribution in [-0.2, 0) is 37.4 Å². The molecule has 33 heavy (non-hydrogen) atoms. The van der Waals surface area contributed by atoms with Crippen molar-refractivity contribution in [2.45, 2.75) is 51.0 Å². The third kappa shape index (κ3) is 7.35. The van der Waals surface area contributed by atoms with E-state index in [1.165, 1.54) is 13.0 Å². The van der Waals surface area contributed by atoms with Gasteiger partial charge in [0.05, 0.1) is 6.61 Å². The molecule has 13 nitrogen and oxygen atoms in total. The van der Waals surface area contributed by atoms with Gasteiger partial charge in [-0.15, -0.1) is 0 Å². The Bertz CT molecular complexity index is 957. The smallest absolute Gasteiger partial charge is 0.454 e. The Morgan fingerprint density at radius 2 is 2.00 bits per heavy atom. The number of nitrogens with zero attached hydrogens (tertiary/aromatic N) is 2. The Kier molecular flexibility index (Phi) is 9.17. The molecule has 16 heteroatoms. The predicted molar refractivity (Wildman–Crippen MR) is 102 cm³/mol. The lowest BCUT2D eigenvalue weighted by Gasteiger charge is -2.20. The number of esters is 2. The van der Waals surface area contributed by atoms with E-state index >= 15 is 0 Å². The van der Waals surface area contributed by atoms with Gasteiger partial charge in [0, 0.05) is 18.3 Å². The summed E-state index contributed by atoms with van der Waals surface area (Å²) in [4.78, 5) is 47.5. The van der Waals surface area contributed by atoms with Crippen molar-refractivity contribution in [3.63, 3.8) is 0 Å². The van der Waals surface area contributed by atoms with E-state index in [9.17, 15) is 37.7 Å². The second-order valence-corrected chi connectivity index (χ2v) is 8.30. The summed E-state index contributed by atoms with van der Waals surface area (Å²) in [5.74, 6) is -5.67. The summed E-state index contributed by atoms with van der Waals surface area (Å²) < 4.78 is 64.0. The summed E-state index contributed by atoms with van der Waals surface area (Å²) in [5, 5.41) is 9.87. The topological polar surface area (TPSA) is 173 Å². The zero-order chi connectivity index (χ0) is 24.8. The quantitative estimate of drug-likeness (QED) is 0.244. The molecule has 0 aromatic carbocycles. The first kappa shape index (κ1) is 27.0. The van der Waals surface area contributed by atoms with E-state index in [4.69, 9.17) is 4.74 Å². The number of halogens is 2. The van der Waals surface area contributed by atoms with Crippen LogP contribution < -0.4 is 5.69 Å². The lowest BCUT2D eigenvalue weighted by atomic mass is 10.1. The molecule has 0 saturated carbocycles. The van der Waals surface area contributed by atoms with Gasteiger partial charge >= 0.3 is 31.4 Å². The Balaban J connectivity index is 1.86. The highest BCUT2D eigenvalue weighted by Crippen LogP contribution is 2.46. The predicted octanol–water partition coefficient (Wildman–Crippen LogP) is 0.423. The molecule has 2 N–H and O–H groups in total. The highest BCUT2D eigenvalue weighted by atomic mass is 31.2. The SMILES string of the molecule is CCCC(=O)OCC(=O)OCOP(=O)(O)OC[C@H]1O[C@@H](n2ccc(C)nc2=O)C(F)(F)[C@@H]1O. The number of rotatable bonds is 11. The average Bonchev–Trinajstić information content (AvgIpc) is 2.94. The van der Waals surface area contributed by atoms with Gasteiger partial charge in [-0.05, 0) is 19.4 Å². The molecule has 186 valence electrons. The van der Waals surface area contributed by atoms with E-state index in [1.807, 2.05) is 0 Å². The van der Waals surface area contributed by atoms with Crippen molar-refractivity contribution in [2.75, 3.05) is 20.0 Å². The molecule has 0 bridgehead atoms. The van der Waals surface area contributed by atoms with Crippen LogP contribution in [0, 0.1) is 6.92 Å². The number of ether oxygens (including phenoxy) is 3. The van der Waals surface area contributed by atoms with E-state index in [-0.39, 0.29) is 12.1 Å². The molecule has 1 unspecified atom stereocenters. The Labute approximate surface area is 185 Å². The molecular formula is C17H23F2N2O11P. The van der Waals surface area contributed by atoms with Crippen molar-refractivity contribution in [3.05, 3.63) is 28.4 Å². The number of hydrogen-bond donors (Lipinski definition) is 2. The van der Waals surface area contributed by atoms with E-state index < -0.39 is 69.8 Å². The zero-order valence-electron chi connectivity index (χ0n) is 17.6.